The van der Waals surface area contributed by atoms with Crippen molar-refractivity contribution in [2.24, 2.45) is 5.73 Å². The number of ether oxygens (including phenoxy) is 1. The van der Waals surface area contributed by atoms with E-state index in [4.69, 9.17) is 10.8 Å². The summed E-state index contributed by atoms with van der Waals surface area (Å²) in [5, 5.41) is 8.77. The maximum Gasteiger partial charge on any atom is 0.461 e. The van der Waals surface area contributed by atoms with Crippen molar-refractivity contribution in [2.75, 3.05) is 6.61 Å². The van der Waals surface area contributed by atoms with Crippen LogP contribution in [-0.2, 0) is 0 Å². The quantitative estimate of drug-likeness (QED) is 0.788. The highest BCUT2D eigenvalue weighted by Gasteiger charge is 2.43. The van der Waals surface area contributed by atoms with Gasteiger partial charge in [0.05, 0.1) is 12.6 Å². The summed E-state index contributed by atoms with van der Waals surface area (Å²) < 4.78 is 52.8. The number of aliphatic hydroxyl groups excluding tert-OH is 1. The first-order chi connectivity index (χ1) is 7.86. The van der Waals surface area contributed by atoms with Crippen molar-refractivity contribution in [1.29, 1.82) is 0 Å². The molecule has 96 valence electrons. The highest BCUT2D eigenvalue weighted by atomic mass is 19.3. The smallest absolute Gasteiger partial charge is 0.428 e. The minimum Gasteiger partial charge on any atom is -0.428 e. The molecule has 0 aromatic heterocycles. The molecular formula is C10H11F4NO2. The van der Waals surface area contributed by atoms with Gasteiger partial charge in [-0.3, -0.25) is 0 Å². The van der Waals surface area contributed by atoms with Gasteiger partial charge in [0.25, 0.3) is 0 Å². The molecule has 1 rings (SSSR count). The van der Waals surface area contributed by atoms with E-state index in [0.29, 0.717) is 5.56 Å². The van der Waals surface area contributed by atoms with Crippen molar-refractivity contribution in [3.8, 4) is 5.75 Å². The Morgan fingerprint density at radius 1 is 1.35 bits per heavy atom. The van der Waals surface area contributed by atoms with Crippen molar-refractivity contribution in [3.63, 3.8) is 0 Å². The second-order valence-electron chi connectivity index (χ2n) is 3.33. The summed E-state index contributed by atoms with van der Waals surface area (Å²) in [7, 11) is 0. The van der Waals surface area contributed by atoms with Crippen LogP contribution in [-0.4, -0.2) is 24.2 Å². The molecule has 0 aliphatic carbocycles. The summed E-state index contributed by atoms with van der Waals surface area (Å²) in [6.45, 7) is -0.394. The molecule has 1 aromatic rings. The predicted molar refractivity (Wildman–Crippen MR) is 52.0 cm³/mol. The zero-order valence-corrected chi connectivity index (χ0v) is 8.62. The van der Waals surface area contributed by atoms with Gasteiger partial charge in [0.1, 0.15) is 5.75 Å². The van der Waals surface area contributed by atoms with Crippen LogP contribution in [0.4, 0.5) is 17.6 Å². The summed E-state index contributed by atoms with van der Waals surface area (Å²) >= 11 is 0. The van der Waals surface area contributed by atoms with E-state index >= 15 is 0 Å². The van der Waals surface area contributed by atoms with E-state index in [1.165, 1.54) is 12.1 Å². The number of aliphatic hydroxyl groups is 1. The van der Waals surface area contributed by atoms with Gasteiger partial charge in [-0.15, -0.1) is 0 Å². The van der Waals surface area contributed by atoms with Gasteiger partial charge in [0.15, 0.2) is 0 Å². The standard InChI is InChI=1S/C10H11F4NO2/c11-9(12)10(13,14)17-7-3-1-2-6(4-7)8(15)5-16/h1-4,8-9,16H,5,15H2/t8-/m1/s1. The summed E-state index contributed by atoms with van der Waals surface area (Å²) in [5.74, 6) is -0.434. The Kier molecular flexibility index (Phi) is 4.30. The van der Waals surface area contributed by atoms with Crippen LogP contribution in [0.2, 0.25) is 0 Å². The molecule has 0 unspecified atom stereocenters. The molecule has 1 atom stereocenters. The number of benzene rings is 1. The van der Waals surface area contributed by atoms with Crippen LogP contribution in [0.3, 0.4) is 0 Å². The highest BCUT2D eigenvalue weighted by molar-refractivity contribution is 5.30. The zero-order valence-electron chi connectivity index (χ0n) is 8.62. The normalized spacial score (nSPS) is 13.8. The molecule has 0 radical (unpaired) electrons. The Bertz CT molecular complexity index is 373. The summed E-state index contributed by atoms with van der Waals surface area (Å²) in [6, 6.07) is 4.19. The minimum absolute atomic E-state index is 0.315. The molecule has 0 heterocycles. The first-order valence-corrected chi connectivity index (χ1v) is 4.68. The number of rotatable bonds is 5. The van der Waals surface area contributed by atoms with Crippen LogP contribution in [0, 0.1) is 0 Å². The Balaban J connectivity index is 2.86. The lowest BCUT2D eigenvalue weighted by Crippen LogP contribution is -2.33. The molecule has 0 saturated carbocycles. The van der Waals surface area contributed by atoms with Crippen molar-refractivity contribution in [3.05, 3.63) is 29.8 Å². The van der Waals surface area contributed by atoms with Gasteiger partial charge in [-0.1, -0.05) is 12.1 Å². The summed E-state index contributed by atoms with van der Waals surface area (Å²) in [6.07, 6.45) is -8.47. The van der Waals surface area contributed by atoms with Crippen molar-refractivity contribution < 1.29 is 27.4 Å². The Morgan fingerprint density at radius 2 is 2.00 bits per heavy atom. The third-order valence-electron chi connectivity index (χ3n) is 1.99. The van der Waals surface area contributed by atoms with E-state index in [-0.39, 0.29) is 0 Å². The monoisotopic (exact) mass is 253 g/mol. The molecule has 0 aliphatic rings. The number of halogens is 4. The van der Waals surface area contributed by atoms with E-state index in [1.807, 2.05) is 0 Å². The molecule has 3 nitrogen and oxygen atoms in total. The lowest BCUT2D eigenvalue weighted by Gasteiger charge is -2.18. The molecule has 0 aliphatic heterocycles. The van der Waals surface area contributed by atoms with Crippen molar-refractivity contribution in [2.45, 2.75) is 18.6 Å². The molecule has 17 heavy (non-hydrogen) atoms. The maximum absolute atomic E-state index is 12.6. The third-order valence-corrected chi connectivity index (χ3v) is 1.99. The van der Waals surface area contributed by atoms with Crippen LogP contribution in [0.15, 0.2) is 24.3 Å². The van der Waals surface area contributed by atoms with E-state index in [9.17, 15) is 17.6 Å². The maximum atomic E-state index is 12.6. The predicted octanol–water partition coefficient (Wildman–Crippen LogP) is 1.92. The molecule has 0 spiro atoms. The first-order valence-electron chi connectivity index (χ1n) is 4.68. The third kappa shape index (κ3) is 3.57. The molecule has 0 saturated heterocycles. The fourth-order valence-electron chi connectivity index (χ4n) is 1.12. The molecule has 0 bridgehead atoms. The lowest BCUT2D eigenvalue weighted by molar-refractivity contribution is -0.253. The summed E-state index contributed by atoms with van der Waals surface area (Å²) in [5.41, 5.74) is 5.76. The highest BCUT2D eigenvalue weighted by Crippen LogP contribution is 2.28. The first kappa shape index (κ1) is 13.7. The fraction of sp³-hybridized carbons (Fsp3) is 0.400. The lowest BCUT2D eigenvalue weighted by atomic mass is 10.1. The second kappa shape index (κ2) is 5.33. The van der Waals surface area contributed by atoms with E-state index < -0.39 is 30.9 Å². The number of alkyl halides is 4. The van der Waals surface area contributed by atoms with Crippen molar-refractivity contribution in [1.82, 2.24) is 0 Å². The van der Waals surface area contributed by atoms with Crippen LogP contribution in [0.5, 0.6) is 5.75 Å². The fourth-order valence-corrected chi connectivity index (χ4v) is 1.12. The van der Waals surface area contributed by atoms with Gasteiger partial charge in [0, 0.05) is 0 Å². The van der Waals surface area contributed by atoms with Gasteiger partial charge in [-0.25, -0.2) is 0 Å². The van der Waals surface area contributed by atoms with Gasteiger partial charge in [0.2, 0.25) is 0 Å². The largest absolute Gasteiger partial charge is 0.461 e. The molecule has 1 aromatic carbocycles. The van der Waals surface area contributed by atoms with Crippen LogP contribution < -0.4 is 10.5 Å². The van der Waals surface area contributed by atoms with E-state index in [2.05, 4.69) is 4.74 Å². The average Bonchev–Trinajstić information content (AvgIpc) is 2.27. The number of hydrogen-bond donors (Lipinski definition) is 2. The zero-order chi connectivity index (χ0) is 13.1. The van der Waals surface area contributed by atoms with Crippen LogP contribution >= 0.6 is 0 Å². The number of nitrogens with two attached hydrogens (primary N) is 1. The topological polar surface area (TPSA) is 55.5 Å². The SMILES string of the molecule is N[C@H](CO)c1cccc(OC(F)(F)C(F)F)c1. The Hall–Kier alpha value is -1.34. The van der Waals surface area contributed by atoms with Gasteiger partial charge in [-0.05, 0) is 17.7 Å². The second-order valence-corrected chi connectivity index (χ2v) is 3.33. The van der Waals surface area contributed by atoms with Crippen LogP contribution in [0.25, 0.3) is 0 Å². The minimum atomic E-state index is -4.55. The Morgan fingerprint density at radius 3 is 2.53 bits per heavy atom. The van der Waals surface area contributed by atoms with Crippen LogP contribution in [0.1, 0.15) is 11.6 Å². The van der Waals surface area contributed by atoms with E-state index in [1.54, 1.807) is 0 Å². The number of hydrogen-bond acceptors (Lipinski definition) is 3. The van der Waals surface area contributed by atoms with E-state index in [0.717, 1.165) is 12.1 Å². The molecule has 7 heteroatoms. The van der Waals surface area contributed by atoms with Crippen molar-refractivity contribution >= 4 is 0 Å². The molecule has 0 fully saturated rings. The van der Waals surface area contributed by atoms with Gasteiger partial charge < -0.3 is 15.6 Å². The van der Waals surface area contributed by atoms with Gasteiger partial charge >= 0.3 is 12.5 Å². The Labute approximate surface area is 94.8 Å². The summed E-state index contributed by atoms with van der Waals surface area (Å²) in [4.78, 5) is 0. The molecule has 3 N–H and O–H groups in total. The van der Waals surface area contributed by atoms with Gasteiger partial charge in [-0.2, -0.15) is 17.6 Å². The molecule has 0 amide bonds. The average molecular weight is 253 g/mol. The molecular weight excluding hydrogens is 242 g/mol.